The normalized spacial score (nSPS) is 12.3. The van der Waals surface area contributed by atoms with Crippen molar-refractivity contribution in [1.29, 1.82) is 0 Å². The van der Waals surface area contributed by atoms with Crippen LogP contribution in [0.1, 0.15) is 63.1 Å². The fraction of sp³-hybridized carbons (Fsp3) is 0.255. The molecule has 0 bridgehead atoms. The minimum Gasteiger partial charge on any atom is -0.464 e. The number of ether oxygens (including phenoxy) is 2. The summed E-state index contributed by atoms with van der Waals surface area (Å²) in [6, 6.07) is 62.9. The van der Waals surface area contributed by atoms with Gasteiger partial charge >= 0.3 is 12.1 Å². The zero-order chi connectivity index (χ0) is 40.7. The van der Waals surface area contributed by atoms with Crippen molar-refractivity contribution in [2.45, 2.75) is 62.8 Å². The Labute approximate surface area is 349 Å². The van der Waals surface area contributed by atoms with Gasteiger partial charge in [-0.1, -0.05) is 146 Å². The highest BCUT2D eigenvalue weighted by molar-refractivity contribution is 8.00. The van der Waals surface area contributed by atoms with Crippen molar-refractivity contribution in [3.63, 3.8) is 0 Å². The van der Waals surface area contributed by atoms with Crippen LogP contribution in [0.2, 0.25) is 0 Å². The number of benzene rings is 6. The molecule has 0 aromatic heterocycles. The van der Waals surface area contributed by atoms with Gasteiger partial charge in [0, 0.05) is 5.75 Å². The van der Waals surface area contributed by atoms with Gasteiger partial charge in [0.15, 0.2) is 0 Å². The molecule has 0 aliphatic rings. The molecule has 0 saturated heterocycles. The summed E-state index contributed by atoms with van der Waals surface area (Å²) in [5.74, 6) is -0.218. The minimum absolute atomic E-state index is 0.251. The van der Waals surface area contributed by atoms with Crippen LogP contribution in [0.3, 0.4) is 0 Å². The van der Waals surface area contributed by atoms with E-state index in [1.54, 1.807) is 11.8 Å². The number of amides is 1. The van der Waals surface area contributed by atoms with Gasteiger partial charge in [0.05, 0.1) is 17.5 Å². The van der Waals surface area contributed by atoms with Gasteiger partial charge in [-0.2, -0.15) is 0 Å². The lowest BCUT2D eigenvalue weighted by Gasteiger charge is -2.36. The molecule has 6 rings (SSSR count). The van der Waals surface area contributed by atoms with Gasteiger partial charge in [-0.15, -0.1) is 11.8 Å². The standard InChI is InChI=1S/C51H54NO4PS/c1-50(2,3)56-49(54)52-47(40-58-51(41-26-12-6-13-27-41,42-28-14-7-15-29-42)43-30-16-8-17-31-43)48(53)55-38-24-4-5-25-39-57(44-32-18-9-19-33-44,45-34-20-10-21-35-45)46-36-22-11-23-37-46/h6-23,26-37,47H,4-5,24-25,38-40H2,1-3H3/p+1/t47-/m1/s1. The first-order valence-corrected chi connectivity index (χ1v) is 23.2. The van der Waals surface area contributed by atoms with E-state index in [-0.39, 0.29) is 12.4 Å². The van der Waals surface area contributed by atoms with E-state index in [1.807, 2.05) is 75.4 Å². The first-order chi connectivity index (χ1) is 28.2. The summed E-state index contributed by atoms with van der Waals surface area (Å²) in [4.78, 5) is 27.2. The Kier molecular flexibility index (Phi) is 15.0. The summed E-state index contributed by atoms with van der Waals surface area (Å²) in [5, 5.41) is 7.03. The summed E-state index contributed by atoms with van der Waals surface area (Å²) in [5.41, 5.74) is 2.48. The molecule has 58 heavy (non-hydrogen) atoms. The molecule has 1 amide bonds. The van der Waals surface area contributed by atoms with Crippen molar-refractivity contribution in [2.75, 3.05) is 18.5 Å². The number of carbonyl (C=O) groups excluding carboxylic acids is 2. The molecule has 0 radical (unpaired) electrons. The number of carbonyl (C=O) groups is 2. The van der Waals surface area contributed by atoms with Crippen molar-refractivity contribution in [3.8, 4) is 0 Å². The number of nitrogens with one attached hydrogen (secondary N) is 1. The summed E-state index contributed by atoms with van der Waals surface area (Å²) >= 11 is 1.60. The van der Waals surface area contributed by atoms with Crippen LogP contribution < -0.4 is 21.2 Å². The summed E-state index contributed by atoms with van der Waals surface area (Å²) in [7, 11) is -1.89. The third kappa shape index (κ3) is 10.7. The van der Waals surface area contributed by atoms with Crippen LogP contribution in [-0.4, -0.2) is 42.2 Å². The average molecular weight is 809 g/mol. The van der Waals surface area contributed by atoms with Crippen molar-refractivity contribution >= 4 is 47.0 Å². The van der Waals surface area contributed by atoms with E-state index in [4.69, 9.17) is 9.47 Å². The smallest absolute Gasteiger partial charge is 0.408 e. The number of esters is 1. The molecule has 0 saturated carbocycles. The number of rotatable bonds is 18. The van der Waals surface area contributed by atoms with E-state index in [0.717, 1.165) is 48.5 Å². The molecule has 5 nitrogen and oxygen atoms in total. The van der Waals surface area contributed by atoms with Gasteiger partial charge < -0.3 is 14.8 Å². The number of unbranched alkanes of at least 4 members (excludes halogenated alkanes) is 3. The highest BCUT2D eigenvalue weighted by atomic mass is 32.2. The SMILES string of the molecule is CC(C)(C)OC(=O)N[C@H](CSC(c1ccccc1)(c1ccccc1)c1ccccc1)C(=O)OCCCCCC[P+](c1ccccc1)(c1ccccc1)c1ccccc1. The van der Waals surface area contributed by atoms with E-state index >= 15 is 0 Å². The summed E-state index contributed by atoms with van der Waals surface area (Å²) < 4.78 is 10.9. The zero-order valence-corrected chi connectivity index (χ0v) is 35.5. The lowest BCUT2D eigenvalue weighted by molar-refractivity contribution is -0.145. The maximum atomic E-state index is 14.0. The van der Waals surface area contributed by atoms with Crippen LogP contribution in [0.5, 0.6) is 0 Å². The van der Waals surface area contributed by atoms with Crippen LogP contribution in [0, 0.1) is 0 Å². The maximum Gasteiger partial charge on any atom is 0.408 e. The monoisotopic (exact) mass is 808 g/mol. The molecule has 6 aromatic carbocycles. The fourth-order valence-corrected chi connectivity index (χ4v) is 13.5. The predicted octanol–water partition coefficient (Wildman–Crippen LogP) is 10.7. The molecular weight excluding hydrogens is 754 g/mol. The maximum absolute atomic E-state index is 14.0. The van der Waals surface area contributed by atoms with Gasteiger partial charge in [-0.3, -0.25) is 0 Å². The Morgan fingerprint density at radius 3 is 1.33 bits per heavy atom. The topological polar surface area (TPSA) is 64.6 Å². The Balaban J connectivity index is 1.15. The van der Waals surface area contributed by atoms with Crippen LogP contribution in [0.15, 0.2) is 182 Å². The first kappa shape index (κ1) is 42.4. The quantitative estimate of drug-likeness (QED) is 0.0406. The van der Waals surface area contributed by atoms with Crippen molar-refractivity contribution in [1.82, 2.24) is 5.32 Å². The molecule has 0 aliphatic carbocycles. The van der Waals surface area contributed by atoms with Crippen molar-refractivity contribution in [2.24, 2.45) is 0 Å². The predicted molar refractivity (Wildman–Crippen MR) is 244 cm³/mol. The second-order valence-corrected chi connectivity index (χ2v) is 20.3. The van der Waals surface area contributed by atoms with Gasteiger partial charge in [0.1, 0.15) is 34.8 Å². The van der Waals surface area contributed by atoms with Crippen molar-refractivity contribution in [3.05, 3.63) is 199 Å². The summed E-state index contributed by atoms with van der Waals surface area (Å²) in [6.45, 7) is 5.70. The number of alkyl carbamates (subject to hydrolysis) is 1. The summed E-state index contributed by atoms with van der Waals surface area (Å²) in [6.07, 6.45) is 4.10. The van der Waals surface area contributed by atoms with Crippen molar-refractivity contribution < 1.29 is 19.1 Å². The third-order valence-corrected chi connectivity index (χ3v) is 16.4. The van der Waals surface area contributed by atoms with Crippen LogP contribution in [0.4, 0.5) is 4.79 Å². The molecule has 7 heteroatoms. The van der Waals surface area contributed by atoms with E-state index in [0.29, 0.717) is 0 Å². The van der Waals surface area contributed by atoms with Gasteiger partial charge in [0.2, 0.25) is 0 Å². The van der Waals surface area contributed by atoms with Crippen LogP contribution in [-0.2, 0) is 19.0 Å². The molecule has 0 spiro atoms. The van der Waals surface area contributed by atoms with Crippen LogP contribution >= 0.6 is 19.0 Å². The van der Waals surface area contributed by atoms with E-state index in [2.05, 4.69) is 133 Å². The van der Waals surface area contributed by atoms with Crippen LogP contribution in [0.25, 0.3) is 0 Å². The lowest BCUT2D eigenvalue weighted by Crippen LogP contribution is -2.46. The second kappa shape index (κ2) is 20.5. The van der Waals surface area contributed by atoms with Gasteiger partial charge in [-0.25, -0.2) is 9.59 Å². The van der Waals surface area contributed by atoms with Gasteiger partial charge in [-0.05, 0) is 99.5 Å². The molecule has 0 heterocycles. The Morgan fingerprint density at radius 2 is 0.931 bits per heavy atom. The largest absolute Gasteiger partial charge is 0.464 e. The van der Waals surface area contributed by atoms with E-state index in [9.17, 15) is 9.59 Å². The first-order valence-electron chi connectivity index (χ1n) is 20.2. The highest BCUT2D eigenvalue weighted by Crippen LogP contribution is 2.56. The zero-order valence-electron chi connectivity index (χ0n) is 33.8. The molecule has 1 atom stereocenters. The molecular formula is C51H55NO4PS+. The number of hydrogen-bond donors (Lipinski definition) is 1. The highest BCUT2D eigenvalue weighted by Gasteiger charge is 2.44. The molecule has 1 N–H and O–H groups in total. The van der Waals surface area contributed by atoms with E-state index < -0.39 is 35.7 Å². The Morgan fingerprint density at radius 1 is 0.552 bits per heavy atom. The Hall–Kier alpha value is -5.16. The molecule has 0 aliphatic heterocycles. The molecule has 298 valence electrons. The fourth-order valence-electron chi connectivity index (χ4n) is 7.56. The van der Waals surface area contributed by atoms with Gasteiger partial charge in [0.25, 0.3) is 0 Å². The lowest BCUT2D eigenvalue weighted by atomic mass is 9.84. The number of thioether (sulfide) groups is 1. The average Bonchev–Trinajstić information content (AvgIpc) is 3.26. The molecule has 6 aromatic rings. The minimum atomic E-state index is -1.89. The van der Waals surface area contributed by atoms with E-state index in [1.165, 1.54) is 15.9 Å². The second-order valence-electron chi connectivity index (χ2n) is 15.4. The number of hydrogen-bond acceptors (Lipinski definition) is 5. The Bertz CT molecular complexity index is 1940. The molecule has 0 fully saturated rings. The molecule has 0 unspecified atom stereocenters. The third-order valence-electron chi connectivity index (χ3n) is 10.2.